The molecule has 11 heteroatoms. The molecule has 0 radical (unpaired) electrons. The maximum atomic E-state index is 13.2. The van der Waals surface area contributed by atoms with Crippen LogP contribution in [0.15, 0.2) is 55.1 Å². The third-order valence-electron chi connectivity index (χ3n) is 3.26. The summed E-state index contributed by atoms with van der Waals surface area (Å²) in [6, 6.07) is 7.67. The standard InChI is InChI=1S/C17H13F3N6O2/c18-14(19)15(20)28-12-5-7-21-9-11(12)24-16(27)10-4-8-23-17(25-10)26-13-3-1-2-6-22-13/h1-9,14-15H,(H,24,27)(H,22,23,25,26). The molecule has 1 unspecified atom stereocenters. The summed E-state index contributed by atoms with van der Waals surface area (Å²) in [5, 5.41) is 5.22. The van der Waals surface area contributed by atoms with E-state index in [0.29, 0.717) is 5.82 Å². The molecule has 0 aromatic carbocycles. The molecule has 0 aliphatic carbocycles. The van der Waals surface area contributed by atoms with Crippen LogP contribution in [0.3, 0.4) is 0 Å². The minimum Gasteiger partial charge on any atom is -0.452 e. The highest BCUT2D eigenvalue weighted by Gasteiger charge is 2.23. The summed E-state index contributed by atoms with van der Waals surface area (Å²) >= 11 is 0. The van der Waals surface area contributed by atoms with E-state index in [4.69, 9.17) is 0 Å². The summed E-state index contributed by atoms with van der Waals surface area (Å²) in [6.45, 7) is 0. The molecule has 3 aromatic rings. The van der Waals surface area contributed by atoms with Gasteiger partial charge in [-0.15, -0.1) is 0 Å². The fourth-order valence-electron chi connectivity index (χ4n) is 2.03. The van der Waals surface area contributed by atoms with Crippen LogP contribution in [0.1, 0.15) is 10.5 Å². The van der Waals surface area contributed by atoms with Crippen molar-refractivity contribution >= 4 is 23.4 Å². The molecule has 0 aliphatic heterocycles. The topological polar surface area (TPSA) is 102 Å². The number of alkyl halides is 3. The lowest BCUT2D eigenvalue weighted by Gasteiger charge is -2.14. The Morgan fingerprint density at radius 1 is 1.04 bits per heavy atom. The van der Waals surface area contributed by atoms with Gasteiger partial charge >= 0.3 is 6.43 Å². The monoisotopic (exact) mass is 390 g/mol. The third kappa shape index (κ3) is 4.90. The summed E-state index contributed by atoms with van der Waals surface area (Å²) in [7, 11) is 0. The van der Waals surface area contributed by atoms with Crippen molar-refractivity contribution < 1.29 is 22.7 Å². The first-order valence-corrected chi connectivity index (χ1v) is 7.88. The average Bonchev–Trinajstić information content (AvgIpc) is 2.70. The molecule has 1 atom stereocenters. The van der Waals surface area contributed by atoms with Gasteiger partial charge in [-0.25, -0.2) is 23.7 Å². The van der Waals surface area contributed by atoms with Crippen LogP contribution >= 0.6 is 0 Å². The quantitative estimate of drug-likeness (QED) is 0.639. The van der Waals surface area contributed by atoms with E-state index < -0.39 is 18.7 Å². The van der Waals surface area contributed by atoms with Crippen molar-refractivity contribution in [2.45, 2.75) is 12.8 Å². The Bertz CT molecular complexity index is 945. The van der Waals surface area contributed by atoms with E-state index in [-0.39, 0.29) is 23.1 Å². The Kier molecular flexibility index (Phi) is 5.94. The second kappa shape index (κ2) is 8.75. The smallest absolute Gasteiger partial charge is 0.304 e. The van der Waals surface area contributed by atoms with Crippen LogP contribution in [0.25, 0.3) is 0 Å². The Morgan fingerprint density at radius 3 is 2.64 bits per heavy atom. The van der Waals surface area contributed by atoms with Gasteiger partial charge in [0, 0.05) is 24.7 Å². The fraction of sp³-hybridized carbons (Fsp3) is 0.118. The van der Waals surface area contributed by atoms with Gasteiger partial charge in [-0.3, -0.25) is 9.78 Å². The number of rotatable bonds is 7. The molecule has 2 N–H and O–H groups in total. The molecular weight excluding hydrogens is 377 g/mol. The molecule has 0 bridgehead atoms. The number of nitrogens with zero attached hydrogens (tertiary/aromatic N) is 4. The summed E-state index contributed by atoms with van der Waals surface area (Å²) < 4.78 is 42.4. The molecule has 1 amide bonds. The third-order valence-corrected chi connectivity index (χ3v) is 3.26. The Labute approximate surface area is 156 Å². The van der Waals surface area contributed by atoms with Gasteiger partial charge in [-0.2, -0.15) is 4.39 Å². The highest BCUT2D eigenvalue weighted by molar-refractivity contribution is 6.03. The number of carbonyl (C=O) groups is 1. The molecule has 0 fully saturated rings. The summed E-state index contributed by atoms with van der Waals surface area (Å²) in [5.74, 6) is -0.395. The number of ether oxygens (including phenoxy) is 1. The number of halogens is 3. The SMILES string of the molecule is O=C(Nc1cnccc1OC(F)C(F)F)c1ccnc(Nc2ccccn2)n1. The van der Waals surface area contributed by atoms with E-state index in [1.165, 1.54) is 18.5 Å². The first kappa shape index (κ1) is 19.0. The number of anilines is 3. The lowest BCUT2D eigenvalue weighted by molar-refractivity contribution is -0.0665. The lowest BCUT2D eigenvalue weighted by atomic mass is 10.3. The van der Waals surface area contributed by atoms with Gasteiger partial charge in [-0.05, 0) is 18.2 Å². The van der Waals surface area contributed by atoms with Gasteiger partial charge in [0.05, 0.1) is 6.20 Å². The van der Waals surface area contributed by atoms with E-state index in [9.17, 15) is 18.0 Å². The second-order valence-corrected chi connectivity index (χ2v) is 5.23. The van der Waals surface area contributed by atoms with Gasteiger partial charge in [0.1, 0.15) is 22.9 Å². The summed E-state index contributed by atoms with van der Waals surface area (Å²) in [6.07, 6.45) is -0.907. The zero-order chi connectivity index (χ0) is 19.9. The van der Waals surface area contributed by atoms with Crippen molar-refractivity contribution in [2.24, 2.45) is 0 Å². The molecule has 3 rings (SSSR count). The maximum absolute atomic E-state index is 13.2. The van der Waals surface area contributed by atoms with Gasteiger partial charge in [-0.1, -0.05) is 6.07 Å². The molecule has 0 aliphatic rings. The maximum Gasteiger partial charge on any atom is 0.304 e. The Morgan fingerprint density at radius 2 is 1.89 bits per heavy atom. The van der Waals surface area contributed by atoms with Crippen LogP contribution in [0, 0.1) is 0 Å². The number of amides is 1. The largest absolute Gasteiger partial charge is 0.452 e. The molecular formula is C17H13F3N6O2. The Hall–Kier alpha value is -3.76. The zero-order valence-electron chi connectivity index (χ0n) is 14.1. The van der Waals surface area contributed by atoms with Crippen molar-refractivity contribution in [3.05, 3.63) is 60.8 Å². The average molecular weight is 390 g/mol. The van der Waals surface area contributed by atoms with Gasteiger partial charge in [0.15, 0.2) is 0 Å². The van der Waals surface area contributed by atoms with Crippen LogP contribution in [-0.4, -0.2) is 38.6 Å². The fourth-order valence-corrected chi connectivity index (χ4v) is 2.03. The van der Waals surface area contributed by atoms with Crippen molar-refractivity contribution in [3.63, 3.8) is 0 Å². The van der Waals surface area contributed by atoms with E-state index in [0.717, 1.165) is 12.3 Å². The minimum absolute atomic E-state index is 0.0334. The molecule has 28 heavy (non-hydrogen) atoms. The first-order valence-electron chi connectivity index (χ1n) is 7.88. The molecule has 8 nitrogen and oxygen atoms in total. The lowest BCUT2D eigenvalue weighted by Crippen LogP contribution is -2.21. The van der Waals surface area contributed by atoms with Crippen molar-refractivity contribution in [3.8, 4) is 5.75 Å². The highest BCUT2D eigenvalue weighted by atomic mass is 19.3. The van der Waals surface area contributed by atoms with Crippen LogP contribution in [0.5, 0.6) is 5.75 Å². The number of aromatic nitrogens is 4. The Balaban J connectivity index is 1.74. The molecule has 0 saturated heterocycles. The highest BCUT2D eigenvalue weighted by Crippen LogP contribution is 2.26. The molecule has 3 aromatic heterocycles. The van der Waals surface area contributed by atoms with Crippen LogP contribution in [0.2, 0.25) is 0 Å². The van der Waals surface area contributed by atoms with Crippen molar-refractivity contribution in [1.29, 1.82) is 0 Å². The number of hydrogen-bond acceptors (Lipinski definition) is 7. The summed E-state index contributed by atoms with van der Waals surface area (Å²) in [4.78, 5) is 28.3. The molecule has 144 valence electrons. The van der Waals surface area contributed by atoms with Gasteiger partial charge in [0.2, 0.25) is 5.95 Å². The summed E-state index contributed by atoms with van der Waals surface area (Å²) in [5.41, 5.74) is -0.123. The van der Waals surface area contributed by atoms with E-state index in [1.54, 1.807) is 24.4 Å². The van der Waals surface area contributed by atoms with Gasteiger partial charge in [0.25, 0.3) is 12.3 Å². The number of carbonyl (C=O) groups excluding carboxylic acids is 1. The molecule has 0 saturated carbocycles. The van der Waals surface area contributed by atoms with E-state index in [2.05, 4.69) is 35.3 Å². The predicted octanol–water partition coefficient (Wildman–Crippen LogP) is 3.20. The molecule has 0 spiro atoms. The zero-order valence-corrected chi connectivity index (χ0v) is 14.1. The van der Waals surface area contributed by atoms with Crippen LogP contribution in [-0.2, 0) is 0 Å². The first-order chi connectivity index (χ1) is 13.5. The number of pyridine rings is 2. The number of hydrogen-bond donors (Lipinski definition) is 2. The van der Waals surface area contributed by atoms with Crippen molar-refractivity contribution in [1.82, 2.24) is 19.9 Å². The minimum atomic E-state index is -3.33. The van der Waals surface area contributed by atoms with Crippen molar-refractivity contribution in [2.75, 3.05) is 10.6 Å². The normalized spacial score (nSPS) is 11.7. The van der Waals surface area contributed by atoms with Gasteiger partial charge < -0.3 is 15.4 Å². The van der Waals surface area contributed by atoms with Crippen LogP contribution in [0.4, 0.5) is 30.6 Å². The predicted molar refractivity (Wildman–Crippen MR) is 93.3 cm³/mol. The second-order valence-electron chi connectivity index (χ2n) is 5.23. The van der Waals surface area contributed by atoms with E-state index >= 15 is 0 Å². The molecule has 3 heterocycles. The van der Waals surface area contributed by atoms with E-state index in [1.807, 2.05) is 0 Å². The van der Waals surface area contributed by atoms with Crippen LogP contribution < -0.4 is 15.4 Å². The number of nitrogens with one attached hydrogen (secondary N) is 2.